The first-order valence-corrected chi connectivity index (χ1v) is 4.64. The highest BCUT2D eigenvalue weighted by Crippen LogP contribution is 2.23. The Kier molecular flexibility index (Phi) is 3.73. The number of nitrogens with two attached hydrogens (primary N) is 1. The van der Waals surface area contributed by atoms with E-state index in [1.54, 1.807) is 13.8 Å². The molecule has 0 spiro atoms. The normalized spacial score (nSPS) is 18.0. The molecular weight excluding hydrogens is 150 g/mol. The molecule has 0 fully saturated rings. The summed E-state index contributed by atoms with van der Waals surface area (Å²) in [5.41, 5.74) is 5.15. The molecule has 0 saturated heterocycles. The summed E-state index contributed by atoms with van der Waals surface area (Å²) in [6.07, 6.45) is 1.61. The van der Waals surface area contributed by atoms with Crippen molar-refractivity contribution in [3.8, 4) is 0 Å². The Labute approximate surface area is 76.2 Å². The third kappa shape index (κ3) is 6.62. The molecule has 0 radical (unpaired) electrons. The summed E-state index contributed by atoms with van der Waals surface area (Å²) in [4.78, 5) is 0. The van der Waals surface area contributed by atoms with Crippen molar-refractivity contribution in [2.24, 2.45) is 11.7 Å². The van der Waals surface area contributed by atoms with E-state index in [1.807, 2.05) is 6.92 Å². The molecule has 2 heteroatoms. The van der Waals surface area contributed by atoms with Crippen molar-refractivity contribution in [3.05, 3.63) is 0 Å². The molecule has 0 rings (SSSR count). The van der Waals surface area contributed by atoms with Crippen molar-refractivity contribution in [2.75, 3.05) is 0 Å². The van der Waals surface area contributed by atoms with Gasteiger partial charge in [-0.25, -0.2) is 0 Å². The summed E-state index contributed by atoms with van der Waals surface area (Å²) in [7, 11) is 0. The van der Waals surface area contributed by atoms with Crippen molar-refractivity contribution < 1.29 is 5.11 Å². The van der Waals surface area contributed by atoms with Gasteiger partial charge < -0.3 is 10.8 Å². The molecule has 0 heterocycles. The van der Waals surface area contributed by atoms with Crippen molar-refractivity contribution in [2.45, 2.75) is 58.6 Å². The third-order valence-corrected chi connectivity index (χ3v) is 1.71. The number of hydrogen-bond acceptors (Lipinski definition) is 2. The highest BCUT2D eigenvalue weighted by atomic mass is 16.3. The molecule has 1 unspecified atom stereocenters. The van der Waals surface area contributed by atoms with Gasteiger partial charge in [0.05, 0.1) is 5.60 Å². The van der Waals surface area contributed by atoms with Crippen LogP contribution in [0.4, 0.5) is 0 Å². The van der Waals surface area contributed by atoms with Crippen LogP contribution in [0.5, 0.6) is 0 Å². The Balaban J connectivity index is 4.04. The zero-order chi connectivity index (χ0) is 9.99. The predicted molar refractivity (Wildman–Crippen MR) is 53.0 cm³/mol. The van der Waals surface area contributed by atoms with Gasteiger partial charge in [-0.15, -0.1) is 0 Å². The lowest BCUT2D eigenvalue weighted by molar-refractivity contribution is 0.0445. The summed E-state index contributed by atoms with van der Waals surface area (Å²) in [6, 6.07) is 0. The molecule has 0 aliphatic rings. The second kappa shape index (κ2) is 3.75. The number of aliphatic hydroxyl groups is 1. The predicted octanol–water partition coefficient (Wildman–Crippen LogP) is 1.91. The molecule has 0 aliphatic carbocycles. The number of rotatable bonds is 4. The smallest absolute Gasteiger partial charge is 0.0609 e. The molecule has 0 bridgehead atoms. The van der Waals surface area contributed by atoms with Gasteiger partial charge in [0.15, 0.2) is 0 Å². The fourth-order valence-corrected chi connectivity index (χ4v) is 1.99. The molecule has 1 atom stereocenters. The minimum absolute atomic E-state index is 0.244. The van der Waals surface area contributed by atoms with Gasteiger partial charge in [-0.2, -0.15) is 0 Å². The van der Waals surface area contributed by atoms with Gasteiger partial charge in [-0.05, 0) is 39.5 Å². The zero-order valence-electron chi connectivity index (χ0n) is 9.02. The molecule has 0 amide bonds. The van der Waals surface area contributed by atoms with E-state index in [9.17, 15) is 5.11 Å². The van der Waals surface area contributed by atoms with Gasteiger partial charge >= 0.3 is 0 Å². The van der Waals surface area contributed by atoms with E-state index < -0.39 is 5.60 Å². The van der Waals surface area contributed by atoms with Crippen LogP contribution in [0.25, 0.3) is 0 Å². The molecule has 12 heavy (non-hydrogen) atoms. The van der Waals surface area contributed by atoms with Gasteiger partial charge in [0.1, 0.15) is 0 Å². The van der Waals surface area contributed by atoms with Gasteiger partial charge in [-0.1, -0.05) is 13.8 Å². The van der Waals surface area contributed by atoms with Crippen LogP contribution in [0.1, 0.15) is 47.5 Å². The Hall–Kier alpha value is -0.0800. The maximum Gasteiger partial charge on any atom is 0.0609 e. The summed E-state index contributed by atoms with van der Waals surface area (Å²) in [5.74, 6) is 0.586. The van der Waals surface area contributed by atoms with E-state index in [0.29, 0.717) is 12.3 Å². The number of hydrogen-bond donors (Lipinski definition) is 2. The van der Waals surface area contributed by atoms with Crippen molar-refractivity contribution in [3.63, 3.8) is 0 Å². The fourth-order valence-electron chi connectivity index (χ4n) is 1.99. The minimum atomic E-state index is -0.654. The van der Waals surface area contributed by atoms with Crippen LogP contribution in [0.2, 0.25) is 0 Å². The molecular formula is C10H23NO. The van der Waals surface area contributed by atoms with E-state index in [1.165, 1.54) is 0 Å². The average Bonchev–Trinajstić information content (AvgIpc) is 1.48. The van der Waals surface area contributed by atoms with Gasteiger partial charge in [0.2, 0.25) is 0 Å². The summed E-state index contributed by atoms with van der Waals surface area (Å²) < 4.78 is 0. The van der Waals surface area contributed by atoms with Crippen molar-refractivity contribution >= 4 is 0 Å². The fraction of sp³-hybridized carbons (Fsp3) is 1.00. The summed E-state index contributed by atoms with van der Waals surface area (Å²) in [6.45, 7) is 9.91. The lowest BCUT2D eigenvalue weighted by atomic mass is 9.83. The van der Waals surface area contributed by atoms with Crippen LogP contribution < -0.4 is 5.73 Å². The summed E-state index contributed by atoms with van der Waals surface area (Å²) >= 11 is 0. The first-order valence-electron chi connectivity index (χ1n) is 4.64. The highest BCUT2D eigenvalue weighted by Gasteiger charge is 2.27. The van der Waals surface area contributed by atoms with Gasteiger partial charge in [-0.3, -0.25) is 0 Å². The lowest BCUT2D eigenvalue weighted by Crippen LogP contribution is -2.44. The largest absolute Gasteiger partial charge is 0.390 e. The molecule has 2 nitrogen and oxygen atoms in total. The second-order valence-corrected chi connectivity index (χ2v) is 5.24. The SMILES string of the molecule is CC(C)CC(C)(N)CC(C)(C)O. The Bertz CT molecular complexity index is 133. The molecule has 0 saturated carbocycles. The monoisotopic (exact) mass is 173 g/mol. The molecule has 74 valence electrons. The van der Waals surface area contributed by atoms with E-state index >= 15 is 0 Å². The van der Waals surface area contributed by atoms with Crippen LogP contribution >= 0.6 is 0 Å². The van der Waals surface area contributed by atoms with Crippen LogP contribution in [0, 0.1) is 5.92 Å². The van der Waals surface area contributed by atoms with E-state index in [4.69, 9.17) is 5.73 Å². The molecule has 0 aromatic rings. The second-order valence-electron chi connectivity index (χ2n) is 5.24. The van der Waals surface area contributed by atoms with E-state index in [0.717, 1.165) is 6.42 Å². The third-order valence-electron chi connectivity index (χ3n) is 1.71. The average molecular weight is 173 g/mol. The Morgan fingerprint density at radius 2 is 1.67 bits per heavy atom. The van der Waals surface area contributed by atoms with Gasteiger partial charge in [0, 0.05) is 5.54 Å². The van der Waals surface area contributed by atoms with Crippen LogP contribution in [-0.4, -0.2) is 16.2 Å². The molecule has 0 aromatic carbocycles. The van der Waals surface area contributed by atoms with Gasteiger partial charge in [0.25, 0.3) is 0 Å². The maximum absolute atomic E-state index is 9.59. The van der Waals surface area contributed by atoms with Crippen molar-refractivity contribution in [1.82, 2.24) is 0 Å². The Morgan fingerprint density at radius 1 is 1.25 bits per heavy atom. The summed E-state index contributed by atoms with van der Waals surface area (Å²) in [5, 5.41) is 9.59. The topological polar surface area (TPSA) is 46.2 Å². The first kappa shape index (κ1) is 11.9. The van der Waals surface area contributed by atoms with E-state index in [2.05, 4.69) is 13.8 Å². The Morgan fingerprint density at radius 3 is 1.92 bits per heavy atom. The van der Waals surface area contributed by atoms with Crippen LogP contribution in [0.15, 0.2) is 0 Å². The lowest BCUT2D eigenvalue weighted by Gasteiger charge is -2.32. The zero-order valence-corrected chi connectivity index (χ0v) is 9.02. The first-order chi connectivity index (χ1) is 5.12. The standard InChI is InChI=1S/C10H23NO/c1-8(2)6-10(5,11)7-9(3,4)12/h8,12H,6-7,11H2,1-5H3. The van der Waals surface area contributed by atoms with Crippen molar-refractivity contribution in [1.29, 1.82) is 0 Å². The maximum atomic E-state index is 9.59. The van der Waals surface area contributed by atoms with E-state index in [-0.39, 0.29) is 5.54 Å². The van der Waals surface area contributed by atoms with Crippen LogP contribution in [-0.2, 0) is 0 Å². The van der Waals surface area contributed by atoms with Crippen LogP contribution in [0.3, 0.4) is 0 Å². The molecule has 0 aromatic heterocycles. The minimum Gasteiger partial charge on any atom is -0.390 e. The molecule has 0 aliphatic heterocycles. The quantitative estimate of drug-likeness (QED) is 0.682. The molecule has 3 N–H and O–H groups in total. The highest BCUT2D eigenvalue weighted by molar-refractivity contribution is 4.86.